The number of hydrogen-bond donors (Lipinski definition) is 1. The van der Waals surface area contributed by atoms with E-state index in [1.807, 2.05) is 54.6 Å². The van der Waals surface area contributed by atoms with Crippen LogP contribution in [0.4, 0.5) is 0 Å². The van der Waals surface area contributed by atoms with Crippen molar-refractivity contribution in [1.82, 2.24) is 0 Å². The zero-order chi connectivity index (χ0) is 12.6. The minimum Gasteiger partial charge on any atom is -0.490 e. The second-order valence-electron chi connectivity index (χ2n) is 3.86. The summed E-state index contributed by atoms with van der Waals surface area (Å²) in [7, 11) is 0. The molecule has 0 aliphatic carbocycles. The number of hydrogen-bond acceptors (Lipinski definition) is 3. The van der Waals surface area contributed by atoms with E-state index in [-0.39, 0.29) is 0 Å². The average molecular weight is 243 g/mol. The molecule has 2 N–H and O–H groups in total. The Labute approximate surface area is 107 Å². The minimum absolute atomic E-state index is 0.517. The molecule has 0 fully saturated rings. The summed E-state index contributed by atoms with van der Waals surface area (Å²) in [6.07, 6.45) is 0. The van der Waals surface area contributed by atoms with Crippen molar-refractivity contribution >= 4 is 0 Å². The molecule has 3 heteroatoms. The van der Waals surface area contributed by atoms with Crippen molar-refractivity contribution in [2.24, 2.45) is 5.73 Å². The Morgan fingerprint density at radius 1 is 0.778 bits per heavy atom. The summed E-state index contributed by atoms with van der Waals surface area (Å²) >= 11 is 0. The van der Waals surface area contributed by atoms with Crippen LogP contribution < -0.4 is 15.2 Å². The topological polar surface area (TPSA) is 44.5 Å². The van der Waals surface area contributed by atoms with E-state index in [1.54, 1.807) is 0 Å². The molecule has 0 heterocycles. The summed E-state index contributed by atoms with van der Waals surface area (Å²) in [5.41, 5.74) is 6.64. The van der Waals surface area contributed by atoms with Gasteiger partial charge in [0.1, 0.15) is 24.7 Å². The summed E-state index contributed by atoms with van der Waals surface area (Å²) in [4.78, 5) is 0. The van der Waals surface area contributed by atoms with E-state index in [0.717, 1.165) is 17.1 Å². The van der Waals surface area contributed by atoms with E-state index in [1.165, 1.54) is 0 Å². The number of rotatable bonds is 6. The maximum atomic E-state index is 5.59. The largest absolute Gasteiger partial charge is 0.490 e. The van der Waals surface area contributed by atoms with E-state index < -0.39 is 0 Å². The van der Waals surface area contributed by atoms with Crippen molar-refractivity contribution in [3.63, 3.8) is 0 Å². The predicted molar refractivity (Wildman–Crippen MR) is 71.8 cm³/mol. The minimum atomic E-state index is 0.517. The van der Waals surface area contributed by atoms with Crippen LogP contribution in [0.15, 0.2) is 54.6 Å². The van der Waals surface area contributed by atoms with Gasteiger partial charge in [0, 0.05) is 6.54 Å². The number of benzene rings is 2. The second-order valence-corrected chi connectivity index (χ2v) is 3.86. The Kier molecular flexibility index (Phi) is 4.61. The van der Waals surface area contributed by atoms with Gasteiger partial charge in [-0.2, -0.15) is 0 Å². The van der Waals surface area contributed by atoms with Gasteiger partial charge >= 0.3 is 0 Å². The quantitative estimate of drug-likeness (QED) is 0.793. The van der Waals surface area contributed by atoms with Gasteiger partial charge < -0.3 is 15.2 Å². The fraction of sp³-hybridized carbons (Fsp3) is 0.200. The Hall–Kier alpha value is -2.00. The van der Waals surface area contributed by atoms with Crippen LogP contribution in [-0.2, 0) is 6.54 Å². The van der Waals surface area contributed by atoms with Crippen LogP contribution >= 0.6 is 0 Å². The van der Waals surface area contributed by atoms with Gasteiger partial charge in [-0.15, -0.1) is 0 Å². The molecule has 0 aliphatic heterocycles. The number of ether oxygens (including phenoxy) is 2. The first kappa shape index (κ1) is 12.5. The summed E-state index contributed by atoms with van der Waals surface area (Å²) in [6.45, 7) is 1.57. The van der Waals surface area contributed by atoms with Crippen LogP contribution in [0.25, 0.3) is 0 Å². The van der Waals surface area contributed by atoms with Gasteiger partial charge in [0.05, 0.1) is 0 Å². The molecule has 0 saturated carbocycles. The van der Waals surface area contributed by atoms with Crippen LogP contribution in [0.5, 0.6) is 11.5 Å². The lowest BCUT2D eigenvalue weighted by Gasteiger charge is -2.09. The van der Waals surface area contributed by atoms with E-state index >= 15 is 0 Å². The smallest absolute Gasteiger partial charge is 0.122 e. The molecule has 2 aromatic carbocycles. The highest BCUT2D eigenvalue weighted by atomic mass is 16.5. The van der Waals surface area contributed by atoms with Crippen LogP contribution in [0.1, 0.15) is 5.56 Å². The third-order valence-electron chi connectivity index (χ3n) is 2.50. The van der Waals surface area contributed by atoms with Crippen molar-refractivity contribution in [2.75, 3.05) is 13.2 Å². The summed E-state index contributed by atoms with van der Waals surface area (Å²) < 4.78 is 11.1. The monoisotopic (exact) mass is 243 g/mol. The van der Waals surface area contributed by atoms with Gasteiger partial charge in [-0.05, 0) is 29.8 Å². The summed E-state index contributed by atoms with van der Waals surface area (Å²) in [6, 6.07) is 17.5. The zero-order valence-corrected chi connectivity index (χ0v) is 10.2. The van der Waals surface area contributed by atoms with Gasteiger partial charge in [0.2, 0.25) is 0 Å². The first-order valence-electron chi connectivity index (χ1n) is 5.98. The normalized spacial score (nSPS) is 10.1. The Bertz CT molecular complexity index is 471. The van der Waals surface area contributed by atoms with Crippen molar-refractivity contribution in [2.45, 2.75) is 6.54 Å². The molecule has 0 spiro atoms. The molecule has 0 saturated heterocycles. The molecule has 0 unspecified atom stereocenters. The molecule has 0 radical (unpaired) electrons. The van der Waals surface area contributed by atoms with Gasteiger partial charge in [-0.1, -0.05) is 30.3 Å². The van der Waals surface area contributed by atoms with Gasteiger partial charge in [0.25, 0.3) is 0 Å². The fourth-order valence-corrected chi connectivity index (χ4v) is 1.60. The molecule has 3 nitrogen and oxygen atoms in total. The fourth-order valence-electron chi connectivity index (χ4n) is 1.60. The first-order chi connectivity index (χ1) is 8.88. The molecular formula is C15H17NO2. The standard InChI is InChI=1S/C15H17NO2/c16-12-13-5-4-8-15(11-13)18-10-9-17-14-6-2-1-3-7-14/h1-8,11H,9-10,12,16H2. The Morgan fingerprint density at radius 3 is 2.17 bits per heavy atom. The van der Waals surface area contributed by atoms with E-state index in [2.05, 4.69) is 0 Å². The first-order valence-corrected chi connectivity index (χ1v) is 5.98. The summed E-state index contributed by atoms with van der Waals surface area (Å²) in [5.74, 6) is 1.69. The van der Waals surface area contributed by atoms with Crippen LogP contribution in [-0.4, -0.2) is 13.2 Å². The third kappa shape index (κ3) is 3.79. The Morgan fingerprint density at radius 2 is 1.44 bits per heavy atom. The van der Waals surface area contributed by atoms with Gasteiger partial charge in [-0.25, -0.2) is 0 Å². The predicted octanol–water partition coefficient (Wildman–Crippen LogP) is 2.60. The van der Waals surface area contributed by atoms with Crippen molar-refractivity contribution in [1.29, 1.82) is 0 Å². The molecule has 18 heavy (non-hydrogen) atoms. The third-order valence-corrected chi connectivity index (χ3v) is 2.50. The number of para-hydroxylation sites is 1. The zero-order valence-electron chi connectivity index (χ0n) is 10.2. The van der Waals surface area contributed by atoms with E-state index in [9.17, 15) is 0 Å². The molecule has 0 aromatic heterocycles. The lowest BCUT2D eigenvalue weighted by molar-refractivity contribution is 0.217. The van der Waals surface area contributed by atoms with Crippen molar-refractivity contribution < 1.29 is 9.47 Å². The molecule has 0 bridgehead atoms. The van der Waals surface area contributed by atoms with Crippen LogP contribution in [0.3, 0.4) is 0 Å². The molecule has 0 amide bonds. The van der Waals surface area contributed by atoms with E-state index in [4.69, 9.17) is 15.2 Å². The maximum absolute atomic E-state index is 5.59. The maximum Gasteiger partial charge on any atom is 0.122 e. The highest BCUT2D eigenvalue weighted by Crippen LogP contribution is 2.13. The van der Waals surface area contributed by atoms with Crippen LogP contribution in [0, 0.1) is 0 Å². The lowest BCUT2D eigenvalue weighted by atomic mass is 10.2. The van der Waals surface area contributed by atoms with E-state index in [0.29, 0.717) is 19.8 Å². The highest BCUT2D eigenvalue weighted by molar-refractivity contribution is 5.28. The molecule has 2 aromatic rings. The number of nitrogens with two attached hydrogens (primary N) is 1. The van der Waals surface area contributed by atoms with Crippen molar-refractivity contribution in [3.05, 3.63) is 60.2 Å². The molecule has 0 atom stereocenters. The molecule has 2 rings (SSSR count). The SMILES string of the molecule is NCc1cccc(OCCOc2ccccc2)c1. The second kappa shape index (κ2) is 6.67. The van der Waals surface area contributed by atoms with Crippen molar-refractivity contribution in [3.8, 4) is 11.5 Å². The lowest BCUT2D eigenvalue weighted by Crippen LogP contribution is -2.09. The van der Waals surface area contributed by atoms with Crippen LogP contribution in [0.2, 0.25) is 0 Å². The summed E-state index contributed by atoms with van der Waals surface area (Å²) in [5, 5.41) is 0. The van der Waals surface area contributed by atoms with Gasteiger partial charge in [-0.3, -0.25) is 0 Å². The average Bonchev–Trinajstić information content (AvgIpc) is 2.45. The molecular weight excluding hydrogens is 226 g/mol. The molecule has 0 aliphatic rings. The highest BCUT2D eigenvalue weighted by Gasteiger charge is 1.96. The molecule has 94 valence electrons. The van der Waals surface area contributed by atoms with Gasteiger partial charge in [0.15, 0.2) is 0 Å². The Balaban J connectivity index is 1.75.